The number of Topliss-reactive ketones (excluding diaryl/α,β-unsaturated/α-hetero) is 3. The van der Waals surface area contributed by atoms with Gasteiger partial charge in [-0.15, -0.1) is 0 Å². The summed E-state index contributed by atoms with van der Waals surface area (Å²) < 4.78 is 0. The van der Waals surface area contributed by atoms with E-state index >= 15 is 0 Å². The van der Waals surface area contributed by atoms with Gasteiger partial charge >= 0.3 is 0 Å². The Morgan fingerprint density at radius 3 is 2.41 bits per heavy atom. The number of primary amides is 1. The largest absolute Gasteiger partial charge is 0.508 e. The molecule has 0 aliphatic heterocycles. The first kappa shape index (κ1) is 24.5. The molecule has 1 fully saturated rings. The number of rotatable bonds is 4. The highest BCUT2D eigenvalue weighted by molar-refractivity contribution is 9.09. The fourth-order valence-electron chi connectivity index (χ4n) is 6.02. The molecule has 1 aromatic rings. The number of nitrogens with two attached hydrogens (primary N) is 1. The lowest BCUT2D eigenvalue weighted by molar-refractivity contribution is -0.183. The summed E-state index contributed by atoms with van der Waals surface area (Å²) in [6, 6.07) is 1.55. The first-order valence-corrected chi connectivity index (χ1v) is 11.8. The minimum Gasteiger partial charge on any atom is -0.508 e. The van der Waals surface area contributed by atoms with E-state index < -0.39 is 64.3 Å². The van der Waals surface area contributed by atoms with Crippen LogP contribution in [0.2, 0.25) is 0 Å². The number of ketones is 3. The van der Waals surface area contributed by atoms with Crippen LogP contribution in [0.1, 0.15) is 32.7 Å². The fourth-order valence-corrected chi connectivity index (χ4v) is 6.32. The maximum Gasteiger partial charge on any atom is 0.255 e. The van der Waals surface area contributed by atoms with Crippen LogP contribution < -0.4 is 5.73 Å². The molecule has 0 heterocycles. The predicted molar refractivity (Wildman–Crippen MR) is 122 cm³/mol. The van der Waals surface area contributed by atoms with Crippen molar-refractivity contribution in [3.8, 4) is 5.75 Å². The molecule has 0 aromatic heterocycles. The fraction of sp³-hybridized carbons (Fsp3) is 0.478. The highest BCUT2D eigenvalue weighted by atomic mass is 79.9. The van der Waals surface area contributed by atoms with Crippen molar-refractivity contribution in [2.75, 3.05) is 19.4 Å². The molecule has 0 saturated heterocycles. The number of alkyl halides is 1. The topological polar surface area (TPSA) is 178 Å². The van der Waals surface area contributed by atoms with E-state index in [0.717, 1.165) is 0 Å². The molecule has 2 unspecified atom stereocenters. The molecule has 6 N–H and O–H groups in total. The van der Waals surface area contributed by atoms with Crippen molar-refractivity contribution in [2.45, 2.75) is 30.6 Å². The number of nitrogens with zero attached hydrogens (tertiary/aromatic N) is 1. The lowest BCUT2D eigenvalue weighted by atomic mass is 9.53. The van der Waals surface area contributed by atoms with E-state index in [1.165, 1.54) is 17.0 Å². The van der Waals surface area contributed by atoms with Gasteiger partial charge in [-0.3, -0.25) is 24.1 Å². The quantitative estimate of drug-likeness (QED) is 0.199. The molecule has 1 aromatic carbocycles. The van der Waals surface area contributed by atoms with E-state index in [1.54, 1.807) is 14.1 Å². The minimum absolute atomic E-state index is 0.00324. The molecule has 4 rings (SSSR count). The lowest BCUT2D eigenvalue weighted by Gasteiger charge is -2.55. The van der Waals surface area contributed by atoms with Crippen molar-refractivity contribution in [1.29, 1.82) is 0 Å². The lowest BCUT2D eigenvalue weighted by Crippen LogP contribution is -2.69. The molecule has 1 saturated carbocycles. The van der Waals surface area contributed by atoms with Crippen LogP contribution in [0.5, 0.6) is 5.75 Å². The van der Waals surface area contributed by atoms with Gasteiger partial charge < -0.3 is 26.2 Å². The summed E-state index contributed by atoms with van der Waals surface area (Å²) in [5.41, 5.74) is 2.48. The second kappa shape index (κ2) is 8.26. The van der Waals surface area contributed by atoms with Crippen molar-refractivity contribution in [3.63, 3.8) is 0 Å². The molecule has 0 spiro atoms. The Bertz CT molecular complexity index is 1160. The number of benzene rings is 1. The van der Waals surface area contributed by atoms with Gasteiger partial charge in [0.1, 0.15) is 23.2 Å². The van der Waals surface area contributed by atoms with E-state index in [9.17, 15) is 39.6 Å². The molecular formula is C23H25BrN2O8. The number of hydrogen-bond donors (Lipinski definition) is 5. The van der Waals surface area contributed by atoms with Crippen molar-refractivity contribution >= 4 is 39.2 Å². The summed E-state index contributed by atoms with van der Waals surface area (Å²) in [6.45, 7) is 0. The number of aliphatic hydroxyl groups is 3. The highest BCUT2D eigenvalue weighted by Crippen LogP contribution is 2.53. The molecule has 6 atom stereocenters. The number of phenolic OH excluding ortho intramolecular Hbond substituents is 1. The van der Waals surface area contributed by atoms with Gasteiger partial charge in [-0.2, -0.15) is 0 Å². The zero-order valence-corrected chi connectivity index (χ0v) is 20.1. The van der Waals surface area contributed by atoms with Crippen molar-refractivity contribution < 1.29 is 39.6 Å². The van der Waals surface area contributed by atoms with Gasteiger partial charge in [-0.25, -0.2) is 0 Å². The number of carbonyl (C=O) groups excluding carboxylic acids is 4. The number of aliphatic hydroxyl groups excluding tert-OH is 2. The Kier molecular flexibility index (Phi) is 5.96. The Morgan fingerprint density at radius 2 is 1.85 bits per heavy atom. The number of fused-ring (bicyclic) bond motifs is 3. The number of amides is 1. The zero-order chi connectivity index (χ0) is 25.3. The number of halogens is 1. The molecule has 11 heteroatoms. The normalized spacial score (nSPS) is 32.8. The van der Waals surface area contributed by atoms with Gasteiger partial charge in [0.05, 0.1) is 22.9 Å². The number of hydrogen-bond acceptors (Lipinski definition) is 9. The van der Waals surface area contributed by atoms with Crippen LogP contribution in [-0.4, -0.2) is 85.8 Å². The van der Waals surface area contributed by atoms with E-state index in [4.69, 9.17) is 5.73 Å². The SMILES string of the molecule is CN(C)[C@@H]1C(=O)C(C(N)=O)=C(O)[C@@]2(O)C(O)C3C(=O)c4c(O)ccc(C(=O)CBr)c4C[C@H]3C[C@@H]12. The van der Waals surface area contributed by atoms with Crippen molar-refractivity contribution in [2.24, 2.45) is 23.5 Å². The third kappa shape index (κ3) is 3.18. The molecule has 182 valence electrons. The number of aromatic hydroxyl groups is 1. The van der Waals surface area contributed by atoms with Crippen LogP contribution in [0, 0.1) is 17.8 Å². The Morgan fingerprint density at radius 1 is 1.21 bits per heavy atom. The molecule has 34 heavy (non-hydrogen) atoms. The van der Waals surface area contributed by atoms with Gasteiger partial charge in [0.25, 0.3) is 5.91 Å². The second-order valence-corrected chi connectivity index (χ2v) is 9.93. The first-order valence-electron chi connectivity index (χ1n) is 10.7. The van der Waals surface area contributed by atoms with Crippen LogP contribution in [0.4, 0.5) is 0 Å². The Balaban J connectivity index is 1.91. The average molecular weight is 537 g/mol. The van der Waals surface area contributed by atoms with Crippen LogP contribution in [-0.2, 0) is 16.0 Å². The van der Waals surface area contributed by atoms with E-state index in [2.05, 4.69) is 15.9 Å². The standard InChI is InChI=1S/C23H25BrN2O8/c1-26(2)17-11-6-8-5-10-9(13(28)7-24)3-4-12(27)15(10)18(29)14(8)20(31)23(11,34)21(32)16(19(17)30)22(25)33/h3-4,8,11,14,17,20,27,31-32,34H,5-7H2,1-2H3,(H2,25,33)/t8-,11-,14?,17-,20?,23-/m0/s1. The summed E-state index contributed by atoms with van der Waals surface area (Å²) in [5.74, 6) is -7.39. The molecule has 0 bridgehead atoms. The maximum absolute atomic E-state index is 13.5. The molecule has 3 aliphatic rings. The average Bonchev–Trinajstić information content (AvgIpc) is 2.75. The third-order valence-corrected chi connectivity index (χ3v) is 7.97. The highest BCUT2D eigenvalue weighted by Gasteiger charge is 2.65. The van der Waals surface area contributed by atoms with Crippen LogP contribution in [0.3, 0.4) is 0 Å². The minimum atomic E-state index is -2.50. The number of phenols is 1. The van der Waals surface area contributed by atoms with Crippen LogP contribution in [0.25, 0.3) is 0 Å². The van der Waals surface area contributed by atoms with Gasteiger partial charge in [0.15, 0.2) is 23.0 Å². The maximum atomic E-state index is 13.5. The van der Waals surface area contributed by atoms with Crippen molar-refractivity contribution in [1.82, 2.24) is 4.90 Å². The second-order valence-electron chi connectivity index (χ2n) is 9.37. The Labute approximate surface area is 203 Å². The van der Waals surface area contributed by atoms with E-state index in [-0.39, 0.29) is 40.8 Å². The van der Waals surface area contributed by atoms with Crippen molar-refractivity contribution in [3.05, 3.63) is 40.2 Å². The van der Waals surface area contributed by atoms with E-state index in [1.807, 2.05) is 0 Å². The molecule has 3 aliphatic carbocycles. The van der Waals surface area contributed by atoms with Gasteiger partial charge in [0, 0.05) is 11.5 Å². The third-order valence-electron chi connectivity index (χ3n) is 7.46. The molecular weight excluding hydrogens is 512 g/mol. The number of carbonyl (C=O) groups is 4. The summed E-state index contributed by atoms with van der Waals surface area (Å²) in [7, 11) is 3.10. The van der Waals surface area contributed by atoms with Crippen LogP contribution >= 0.6 is 15.9 Å². The van der Waals surface area contributed by atoms with Gasteiger partial charge in [-0.1, -0.05) is 15.9 Å². The predicted octanol–water partition coefficient (Wildman–Crippen LogP) is -0.137. The molecule has 1 amide bonds. The zero-order valence-electron chi connectivity index (χ0n) is 18.5. The smallest absolute Gasteiger partial charge is 0.255 e. The van der Waals surface area contributed by atoms with Gasteiger partial charge in [0.2, 0.25) is 0 Å². The summed E-state index contributed by atoms with van der Waals surface area (Å²) in [5, 5.41) is 44.2. The van der Waals surface area contributed by atoms with Gasteiger partial charge in [-0.05, 0) is 50.6 Å². The Hall–Kier alpha value is -2.60. The molecule has 0 radical (unpaired) electrons. The monoisotopic (exact) mass is 536 g/mol. The molecule has 10 nitrogen and oxygen atoms in total. The first-order chi connectivity index (χ1) is 15.9. The number of likely N-dealkylation sites (N-methyl/N-ethyl adjacent to an activating group) is 1. The van der Waals surface area contributed by atoms with E-state index in [0.29, 0.717) is 5.56 Å². The van der Waals surface area contributed by atoms with Crippen LogP contribution in [0.15, 0.2) is 23.5 Å². The summed E-state index contributed by atoms with van der Waals surface area (Å²) in [6.07, 6.45) is -1.76. The summed E-state index contributed by atoms with van der Waals surface area (Å²) in [4.78, 5) is 52.5. The summed E-state index contributed by atoms with van der Waals surface area (Å²) >= 11 is 3.11.